The van der Waals surface area contributed by atoms with Crippen LogP contribution in [0.25, 0.3) is 0 Å². The molecule has 0 spiro atoms. The molecule has 0 rings (SSSR count). The van der Waals surface area contributed by atoms with Crippen molar-refractivity contribution in [1.82, 2.24) is 5.32 Å². The number of rotatable bonds is 5. The highest BCUT2D eigenvalue weighted by molar-refractivity contribution is 5.88. The van der Waals surface area contributed by atoms with Crippen molar-refractivity contribution in [2.75, 3.05) is 7.11 Å². The summed E-state index contributed by atoms with van der Waals surface area (Å²) in [6.07, 6.45) is 1.73. The number of hydrogen-bond donors (Lipinski definition) is 1. The second-order valence-corrected chi connectivity index (χ2v) is 4.36. The van der Waals surface area contributed by atoms with Crippen molar-refractivity contribution in [2.24, 2.45) is 5.92 Å². The van der Waals surface area contributed by atoms with Crippen LogP contribution >= 0.6 is 0 Å². The molecule has 4 heteroatoms. The van der Waals surface area contributed by atoms with Gasteiger partial charge in [-0.05, 0) is 19.8 Å². The van der Waals surface area contributed by atoms with Crippen LogP contribution in [0.1, 0.15) is 34.1 Å². The predicted molar refractivity (Wildman–Crippen MR) is 62.8 cm³/mol. The normalized spacial score (nSPS) is 11.9. The van der Waals surface area contributed by atoms with Crippen molar-refractivity contribution in [1.29, 1.82) is 0 Å². The molecule has 0 saturated heterocycles. The van der Waals surface area contributed by atoms with Crippen molar-refractivity contribution in [3.05, 3.63) is 11.6 Å². The van der Waals surface area contributed by atoms with Gasteiger partial charge in [0.15, 0.2) is 0 Å². The van der Waals surface area contributed by atoms with Crippen molar-refractivity contribution in [2.45, 2.75) is 40.2 Å². The Labute approximate surface area is 97.1 Å². The maximum Gasteiger partial charge on any atom is 0.307 e. The number of hydrogen-bond acceptors (Lipinski definition) is 3. The van der Waals surface area contributed by atoms with Gasteiger partial charge >= 0.3 is 5.97 Å². The van der Waals surface area contributed by atoms with Gasteiger partial charge in [0.25, 0.3) is 0 Å². The van der Waals surface area contributed by atoms with Crippen molar-refractivity contribution in [3.8, 4) is 0 Å². The molecule has 0 aliphatic carbocycles. The summed E-state index contributed by atoms with van der Waals surface area (Å²) in [5, 5.41) is 2.80. The number of carbonyl (C=O) groups is 2. The standard InChI is InChI=1S/C12H21NO3/c1-8(2)6-11(14)13-10(9(3)4)7-12(15)16-5/h6,9-10H,7H2,1-5H3,(H,13,14). The molecule has 92 valence electrons. The summed E-state index contributed by atoms with van der Waals surface area (Å²) in [5.74, 6) is -0.285. The van der Waals surface area contributed by atoms with Crippen LogP contribution in [0.3, 0.4) is 0 Å². The number of ether oxygens (including phenoxy) is 1. The van der Waals surface area contributed by atoms with E-state index >= 15 is 0 Å². The number of allylic oxidation sites excluding steroid dienone is 1. The molecule has 0 bridgehead atoms. The quantitative estimate of drug-likeness (QED) is 0.574. The predicted octanol–water partition coefficient (Wildman–Crippen LogP) is 1.66. The SMILES string of the molecule is COC(=O)CC(NC(=O)C=C(C)C)C(C)C. The Bertz CT molecular complexity index is 278. The molecule has 1 atom stereocenters. The topological polar surface area (TPSA) is 55.4 Å². The fraction of sp³-hybridized carbons (Fsp3) is 0.667. The van der Waals surface area contributed by atoms with Crippen molar-refractivity contribution in [3.63, 3.8) is 0 Å². The van der Waals surface area contributed by atoms with E-state index in [0.29, 0.717) is 0 Å². The molecule has 0 saturated carbocycles. The first-order chi connectivity index (χ1) is 7.36. The summed E-state index contributed by atoms with van der Waals surface area (Å²) in [6.45, 7) is 7.61. The summed E-state index contributed by atoms with van der Waals surface area (Å²) >= 11 is 0. The Morgan fingerprint density at radius 1 is 1.31 bits per heavy atom. The smallest absolute Gasteiger partial charge is 0.307 e. The summed E-state index contributed by atoms with van der Waals surface area (Å²) < 4.78 is 4.59. The third-order valence-corrected chi connectivity index (χ3v) is 2.17. The first-order valence-corrected chi connectivity index (χ1v) is 5.39. The molecule has 0 aromatic heterocycles. The molecule has 4 nitrogen and oxygen atoms in total. The monoisotopic (exact) mass is 227 g/mol. The maximum atomic E-state index is 11.5. The molecule has 0 aromatic rings. The molecular formula is C12H21NO3. The van der Waals surface area contributed by atoms with Gasteiger partial charge in [-0.1, -0.05) is 19.4 Å². The number of carbonyl (C=O) groups excluding carboxylic acids is 2. The van der Waals surface area contributed by atoms with E-state index in [1.54, 1.807) is 0 Å². The highest BCUT2D eigenvalue weighted by Gasteiger charge is 2.19. The lowest BCUT2D eigenvalue weighted by molar-refractivity contribution is -0.141. The van der Waals surface area contributed by atoms with Crippen LogP contribution in [0.5, 0.6) is 0 Å². The molecule has 1 unspecified atom stereocenters. The maximum absolute atomic E-state index is 11.5. The van der Waals surface area contributed by atoms with Gasteiger partial charge in [0.05, 0.1) is 13.5 Å². The zero-order chi connectivity index (χ0) is 12.7. The average Bonchev–Trinajstić information content (AvgIpc) is 2.14. The fourth-order valence-corrected chi connectivity index (χ4v) is 1.20. The van der Waals surface area contributed by atoms with Crippen LogP contribution in [0.2, 0.25) is 0 Å². The highest BCUT2D eigenvalue weighted by atomic mass is 16.5. The lowest BCUT2D eigenvalue weighted by atomic mass is 10.0. The highest BCUT2D eigenvalue weighted by Crippen LogP contribution is 2.07. The zero-order valence-corrected chi connectivity index (χ0v) is 10.7. The Morgan fingerprint density at radius 3 is 2.25 bits per heavy atom. The van der Waals surface area contributed by atoms with Crippen LogP contribution in [0.15, 0.2) is 11.6 Å². The van der Waals surface area contributed by atoms with Gasteiger partial charge in [-0.15, -0.1) is 0 Å². The minimum atomic E-state index is -0.309. The fourth-order valence-electron chi connectivity index (χ4n) is 1.20. The van der Waals surface area contributed by atoms with Gasteiger partial charge in [0.2, 0.25) is 5.91 Å². The summed E-state index contributed by atoms with van der Waals surface area (Å²) in [6, 6.07) is -0.185. The number of nitrogens with one attached hydrogen (secondary N) is 1. The van der Waals surface area contributed by atoms with E-state index in [1.165, 1.54) is 13.2 Å². The molecule has 0 aromatic carbocycles. The van der Waals surface area contributed by atoms with E-state index in [9.17, 15) is 9.59 Å². The van der Waals surface area contributed by atoms with E-state index in [4.69, 9.17) is 0 Å². The minimum absolute atomic E-state index is 0.164. The molecular weight excluding hydrogens is 206 g/mol. The largest absolute Gasteiger partial charge is 0.469 e. The summed E-state index contributed by atoms with van der Waals surface area (Å²) in [5.41, 5.74) is 0.929. The van der Waals surface area contributed by atoms with Gasteiger partial charge in [0, 0.05) is 12.1 Å². The van der Waals surface area contributed by atoms with Crippen molar-refractivity contribution >= 4 is 11.9 Å². The van der Waals surface area contributed by atoms with E-state index < -0.39 is 0 Å². The van der Waals surface area contributed by atoms with Gasteiger partial charge in [-0.2, -0.15) is 0 Å². The number of methoxy groups -OCH3 is 1. The lowest BCUT2D eigenvalue weighted by Crippen LogP contribution is -2.39. The molecule has 16 heavy (non-hydrogen) atoms. The third-order valence-electron chi connectivity index (χ3n) is 2.17. The Kier molecular flexibility index (Phi) is 6.46. The first-order valence-electron chi connectivity index (χ1n) is 5.39. The summed E-state index contributed by atoms with van der Waals surface area (Å²) in [4.78, 5) is 22.6. The third kappa shape index (κ3) is 6.22. The molecule has 0 radical (unpaired) electrons. The lowest BCUT2D eigenvalue weighted by Gasteiger charge is -2.20. The molecule has 0 heterocycles. The van der Waals surface area contributed by atoms with Crippen LogP contribution in [0, 0.1) is 5.92 Å². The van der Waals surface area contributed by atoms with E-state index in [1.807, 2.05) is 27.7 Å². The van der Waals surface area contributed by atoms with Gasteiger partial charge < -0.3 is 10.1 Å². The Morgan fingerprint density at radius 2 is 1.88 bits per heavy atom. The van der Waals surface area contributed by atoms with Gasteiger partial charge in [-0.25, -0.2) is 0 Å². The number of amides is 1. The molecule has 1 amide bonds. The van der Waals surface area contributed by atoms with E-state index in [0.717, 1.165) is 5.57 Å². The van der Waals surface area contributed by atoms with Gasteiger partial charge in [0.1, 0.15) is 0 Å². The zero-order valence-electron chi connectivity index (χ0n) is 10.7. The molecule has 0 fully saturated rings. The first kappa shape index (κ1) is 14.7. The van der Waals surface area contributed by atoms with Gasteiger partial charge in [-0.3, -0.25) is 9.59 Å². The van der Waals surface area contributed by atoms with Crippen molar-refractivity contribution < 1.29 is 14.3 Å². The van der Waals surface area contributed by atoms with Crippen LogP contribution in [-0.2, 0) is 14.3 Å². The second kappa shape index (κ2) is 7.04. The Hall–Kier alpha value is -1.32. The van der Waals surface area contributed by atoms with Crippen LogP contribution in [0.4, 0.5) is 0 Å². The molecule has 0 aliphatic rings. The van der Waals surface area contributed by atoms with Crippen LogP contribution in [-0.4, -0.2) is 25.0 Å². The van der Waals surface area contributed by atoms with E-state index in [2.05, 4.69) is 10.1 Å². The minimum Gasteiger partial charge on any atom is -0.469 e. The number of esters is 1. The average molecular weight is 227 g/mol. The van der Waals surface area contributed by atoms with Crippen LogP contribution < -0.4 is 5.32 Å². The second-order valence-electron chi connectivity index (χ2n) is 4.36. The van der Waals surface area contributed by atoms with E-state index in [-0.39, 0.29) is 30.3 Å². The molecule has 0 aliphatic heterocycles. The molecule has 1 N–H and O–H groups in total. The summed E-state index contributed by atoms with van der Waals surface area (Å²) in [7, 11) is 1.34. The Balaban J connectivity index is 4.40.